The van der Waals surface area contributed by atoms with E-state index in [0.29, 0.717) is 41.5 Å². The van der Waals surface area contributed by atoms with Gasteiger partial charge in [0.05, 0.1) is 16.9 Å². The quantitative estimate of drug-likeness (QED) is 0.661. The van der Waals surface area contributed by atoms with Gasteiger partial charge in [0.25, 0.3) is 5.91 Å². The van der Waals surface area contributed by atoms with Crippen LogP contribution < -0.4 is 0 Å². The Labute approximate surface area is 173 Å². The van der Waals surface area contributed by atoms with Crippen LogP contribution in [0.2, 0.25) is 10.0 Å². The van der Waals surface area contributed by atoms with Gasteiger partial charge in [-0.2, -0.15) is 0 Å². The number of likely N-dealkylation sites (tertiary alicyclic amines) is 1. The zero-order valence-corrected chi connectivity index (χ0v) is 16.7. The molecule has 6 heteroatoms. The molecule has 1 aromatic heterocycles. The summed E-state index contributed by atoms with van der Waals surface area (Å²) in [5, 5.41) is 12.3. The molecule has 28 heavy (non-hydrogen) atoms. The second-order valence-corrected chi connectivity index (χ2v) is 7.96. The van der Waals surface area contributed by atoms with Crippen molar-refractivity contribution in [1.29, 1.82) is 0 Å². The van der Waals surface area contributed by atoms with Crippen LogP contribution in [0.25, 0.3) is 5.69 Å². The van der Waals surface area contributed by atoms with Crippen LogP contribution in [0.1, 0.15) is 28.8 Å². The first-order valence-electron chi connectivity index (χ1n) is 9.17. The maximum atomic E-state index is 13.2. The number of rotatable bonds is 3. The van der Waals surface area contributed by atoms with Crippen LogP contribution in [0.5, 0.6) is 0 Å². The highest BCUT2D eigenvalue weighted by Gasteiger charge is 2.36. The SMILES string of the molecule is O=C(c1ccc(Cl)cc1-n1cccc1)N1CCC(O)(c2ccc(Cl)cc2)CC1. The molecule has 1 N–H and O–H groups in total. The monoisotopic (exact) mass is 414 g/mol. The molecule has 0 aliphatic carbocycles. The first-order valence-corrected chi connectivity index (χ1v) is 9.92. The summed E-state index contributed by atoms with van der Waals surface area (Å²) in [6.07, 6.45) is 4.73. The average Bonchev–Trinajstić information content (AvgIpc) is 3.23. The van der Waals surface area contributed by atoms with Crippen LogP contribution in [-0.2, 0) is 5.60 Å². The Balaban J connectivity index is 1.54. The number of halogens is 2. The van der Waals surface area contributed by atoms with E-state index in [1.807, 2.05) is 41.2 Å². The van der Waals surface area contributed by atoms with Gasteiger partial charge >= 0.3 is 0 Å². The highest BCUT2D eigenvalue weighted by Crippen LogP contribution is 2.34. The fourth-order valence-electron chi connectivity index (χ4n) is 3.69. The highest BCUT2D eigenvalue weighted by molar-refractivity contribution is 6.31. The van der Waals surface area contributed by atoms with Gasteiger partial charge in [-0.15, -0.1) is 0 Å². The molecule has 1 amide bonds. The molecule has 0 saturated carbocycles. The minimum Gasteiger partial charge on any atom is -0.385 e. The Hall–Kier alpha value is -2.27. The molecule has 0 radical (unpaired) electrons. The third kappa shape index (κ3) is 3.68. The zero-order valence-electron chi connectivity index (χ0n) is 15.2. The lowest BCUT2D eigenvalue weighted by Crippen LogP contribution is -2.45. The van der Waals surface area contributed by atoms with Crippen molar-refractivity contribution in [3.8, 4) is 5.69 Å². The lowest BCUT2D eigenvalue weighted by molar-refractivity contribution is -0.0211. The van der Waals surface area contributed by atoms with E-state index < -0.39 is 5.60 Å². The molecule has 1 aliphatic heterocycles. The summed E-state index contributed by atoms with van der Waals surface area (Å²) in [6.45, 7) is 0.956. The summed E-state index contributed by atoms with van der Waals surface area (Å²) in [6, 6.07) is 16.4. The summed E-state index contributed by atoms with van der Waals surface area (Å²) in [5.74, 6) is -0.0569. The molecule has 1 aliphatic rings. The molecule has 0 spiro atoms. The Morgan fingerprint density at radius 2 is 1.54 bits per heavy atom. The third-order valence-corrected chi connectivity index (χ3v) is 5.82. The molecule has 1 saturated heterocycles. The molecule has 144 valence electrons. The Morgan fingerprint density at radius 1 is 0.929 bits per heavy atom. The van der Waals surface area contributed by atoms with Gasteiger partial charge in [-0.05, 0) is 60.9 Å². The first kappa shape index (κ1) is 19.1. The topological polar surface area (TPSA) is 45.5 Å². The molecule has 0 atom stereocenters. The van der Waals surface area contributed by atoms with E-state index >= 15 is 0 Å². The first-order chi connectivity index (χ1) is 13.5. The van der Waals surface area contributed by atoms with E-state index in [4.69, 9.17) is 23.2 Å². The number of aliphatic hydroxyl groups is 1. The van der Waals surface area contributed by atoms with Crippen LogP contribution in [0, 0.1) is 0 Å². The molecule has 1 fully saturated rings. The lowest BCUT2D eigenvalue weighted by atomic mass is 9.84. The molecule has 4 rings (SSSR count). The Kier molecular flexibility index (Phi) is 5.19. The van der Waals surface area contributed by atoms with Crippen LogP contribution in [-0.4, -0.2) is 33.6 Å². The van der Waals surface area contributed by atoms with Crippen molar-refractivity contribution in [3.05, 3.63) is 88.2 Å². The maximum absolute atomic E-state index is 13.2. The molecule has 3 aromatic rings. The van der Waals surface area contributed by atoms with Crippen molar-refractivity contribution in [3.63, 3.8) is 0 Å². The van der Waals surface area contributed by atoms with Gasteiger partial charge in [0.2, 0.25) is 0 Å². The van der Waals surface area contributed by atoms with Crippen molar-refractivity contribution in [2.45, 2.75) is 18.4 Å². The number of amides is 1. The summed E-state index contributed by atoms with van der Waals surface area (Å²) >= 11 is 12.1. The van der Waals surface area contributed by atoms with Gasteiger partial charge in [-0.1, -0.05) is 35.3 Å². The van der Waals surface area contributed by atoms with Gasteiger partial charge in [0.1, 0.15) is 0 Å². The normalized spacial score (nSPS) is 16.2. The lowest BCUT2D eigenvalue weighted by Gasteiger charge is -2.38. The molecule has 0 unspecified atom stereocenters. The second-order valence-electron chi connectivity index (χ2n) is 7.08. The molecule has 2 aromatic carbocycles. The standard InChI is InChI=1S/C22H20Cl2N2O2/c23-17-5-3-16(4-6-17)22(28)9-13-26(14-10-22)21(27)19-8-7-18(24)15-20(19)25-11-1-2-12-25/h1-8,11-12,15,28H,9-10,13-14H2. The summed E-state index contributed by atoms with van der Waals surface area (Å²) < 4.78 is 1.88. The van der Waals surface area contributed by atoms with E-state index in [2.05, 4.69) is 0 Å². The number of hydrogen-bond acceptors (Lipinski definition) is 2. The largest absolute Gasteiger partial charge is 0.385 e. The van der Waals surface area contributed by atoms with Crippen LogP contribution in [0.4, 0.5) is 0 Å². The minimum atomic E-state index is -0.940. The van der Waals surface area contributed by atoms with Gasteiger partial charge in [-0.3, -0.25) is 4.79 Å². The number of aromatic nitrogens is 1. The van der Waals surface area contributed by atoms with E-state index in [1.165, 1.54) is 0 Å². The predicted molar refractivity (Wildman–Crippen MR) is 111 cm³/mol. The van der Waals surface area contributed by atoms with Crippen molar-refractivity contribution in [2.24, 2.45) is 0 Å². The van der Waals surface area contributed by atoms with Crippen molar-refractivity contribution in [2.75, 3.05) is 13.1 Å². The molecular weight excluding hydrogens is 395 g/mol. The van der Waals surface area contributed by atoms with Crippen LogP contribution >= 0.6 is 23.2 Å². The fraction of sp³-hybridized carbons (Fsp3) is 0.227. The smallest absolute Gasteiger partial charge is 0.255 e. The van der Waals surface area contributed by atoms with Crippen molar-refractivity contribution >= 4 is 29.1 Å². The second kappa shape index (κ2) is 7.63. The summed E-state index contributed by atoms with van der Waals surface area (Å²) in [5.41, 5.74) is 1.24. The number of piperidine rings is 1. The van der Waals surface area contributed by atoms with E-state index in [-0.39, 0.29) is 5.91 Å². The summed E-state index contributed by atoms with van der Waals surface area (Å²) in [7, 11) is 0. The zero-order chi connectivity index (χ0) is 19.7. The van der Waals surface area contributed by atoms with Gasteiger partial charge < -0.3 is 14.6 Å². The third-order valence-electron chi connectivity index (χ3n) is 5.33. The fourth-order valence-corrected chi connectivity index (χ4v) is 3.99. The molecule has 2 heterocycles. The van der Waals surface area contributed by atoms with Crippen LogP contribution in [0.3, 0.4) is 0 Å². The number of carbonyl (C=O) groups excluding carboxylic acids is 1. The maximum Gasteiger partial charge on any atom is 0.255 e. The molecule has 4 nitrogen and oxygen atoms in total. The van der Waals surface area contributed by atoms with E-state index in [9.17, 15) is 9.90 Å². The van der Waals surface area contributed by atoms with Crippen LogP contribution in [0.15, 0.2) is 67.0 Å². The predicted octanol–water partition coefficient (Wildman–Crippen LogP) is 4.91. The van der Waals surface area contributed by atoms with E-state index in [0.717, 1.165) is 11.3 Å². The van der Waals surface area contributed by atoms with Gasteiger partial charge in [-0.25, -0.2) is 0 Å². The Bertz CT molecular complexity index is 976. The minimum absolute atomic E-state index is 0.0569. The Morgan fingerprint density at radius 3 is 2.18 bits per heavy atom. The van der Waals surface area contributed by atoms with Gasteiger partial charge in [0.15, 0.2) is 0 Å². The number of benzene rings is 2. The number of carbonyl (C=O) groups is 1. The van der Waals surface area contributed by atoms with Gasteiger partial charge in [0, 0.05) is 35.5 Å². The van der Waals surface area contributed by atoms with Crippen molar-refractivity contribution in [1.82, 2.24) is 9.47 Å². The van der Waals surface area contributed by atoms with E-state index in [1.54, 1.807) is 35.2 Å². The average molecular weight is 415 g/mol. The molecular formula is C22H20Cl2N2O2. The number of hydrogen-bond donors (Lipinski definition) is 1. The highest BCUT2D eigenvalue weighted by atomic mass is 35.5. The summed E-state index contributed by atoms with van der Waals surface area (Å²) in [4.78, 5) is 15.0. The number of nitrogens with zero attached hydrogens (tertiary/aromatic N) is 2. The van der Waals surface area contributed by atoms with Crippen molar-refractivity contribution < 1.29 is 9.90 Å². The molecule has 0 bridgehead atoms.